The van der Waals surface area contributed by atoms with Gasteiger partial charge in [-0.3, -0.25) is 9.59 Å². The highest BCUT2D eigenvalue weighted by atomic mass is 16.2. The van der Waals surface area contributed by atoms with Gasteiger partial charge in [-0.2, -0.15) is 9.78 Å². The van der Waals surface area contributed by atoms with E-state index in [1.54, 1.807) is 12.1 Å². The minimum Gasteiger partial charge on any atom is -0.347 e. The van der Waals surface area contributed by atoms with E-state index in [0.29, 0.717) is 12.2 Å². The molecule has 1 aromatic heterocycles. The first-order valence-corrected chi connectivity index (χ1v) is 7.82. The molecule has 3 N–H and O–H groups in total. The molecule has 2 rings (SSSR count). The van der Waals surface area contributed by atoms with Gasteiger partial charge in [-0.15, -0.1) is 0 Å². The number of carbonyl (C=O) groups is 1. The van der Waals surface area contributed by atoms with Crippen molar-refractivity contribution in [1.29, 1.82) is 0 Å². The van der Waals surface area contributed by atoms with Crippen LogP contribution in [0, 0.1) is 0 Å². The highest BCUT2D eigenvalue weighted by molar-refractivity contribution is 5.92. The van der Waals surface area contributed by atoms with E-state index in [0.717, 1.165) is 19.3 Å². The van der Waals surface area contributed by atoms with Gasteiger partial charge in [-0.25, -0.2) is 0 Å². The number of amides is 1. The lowest BCUT2D eigenvalue weighted by molar-refractivity contribution is 0.0929. The Morgan fingerprint density at radius 1 is 1.26 bits per heavy atom. The van der Waals surface area contributed by atoms with E-state index in [-0.39, 0.29) is 23.2 Å². The van der Waals surface area contributed by atoms with E-state index in [1.165, 1.54) is 16.8 Å². The van der Waals surface area contributed by atoms with Crippen molar-refractivity contribution >= 4 is 5.91 Å². The number of nitrogens with zero attached hydrogens (tertiary/aromatic N) is 2. The minimum absolute atomic E-state index is 0.0821. The average Bonchev–Trinajstić information content (AvgIpc) is 2.59. The zero-order valence-electron chi connectivity index (χ0n) is 13.2. The Morgan fingerprint density at radius 3 is 2.65 bits per heavy atom. The number of carbonyl (C=O) groups excluding carboxylic acids is 1. The second-order valence-electron chi connectivity index (χ2n) is 5.35. The average molecular weight is 314 g/mol. The van der Waals surface area contributed by atoms with Crippen LogP contribution in [0.25, 0.3) is 5.69 Å². The molecular formula is C17H22N4O2. The Labute approximate surface area is 135 Å². The van der Waals surface area contributed by atoms with Crippen molar-refractivity contribution in [3.8, 4) is 5.69 Å². The summed E-state index contributed by atoms with van der Waals surface area (Å²) >= 11 is 0. The first kappa shape index (κ1) is 16.9. The van der Waals surface area contributed by atoms with Crippen LogP contribution in [0.2, 0.25) is 0 Å². The number of hydrogen-bond donors (Lipinski definition) is 2. The number of nitrogens with two attached hydrogens (primary N) is 1. The number of aromatic nitrogens is 2. The summed E-state index contributed by atoms with van der Waals surface area (Å²) in [5.74, 6) is -0.318. The maximum atomic E-state index is 12.3. The van der Waals surface area contributed by atoms with Crippen LogP contribution in [-0.2, 0) is 0 Å². The Balaban J connectivity index is 2.20. The highest BCUT2D eigenvalue weighted by Gasteiger charge is 2.14. The fourth-order valence-electron chi connectivity index (χ4n) is 2.25. The molecule has 0 bridgehead atoms. The van der Waals surface area contributed by atoms with Crippen LogP contribution in [-0.4, -0.2) is 28.3 Å². The molecule has 1 aromatic carbocycles. The fraction of sp³-hybridized carbons (Fsp3) is 0.353. The van der Waals surface area contributed by atoms with Gasteiger partial charge in [0.2, 0.25) is 0 Å². The third kappa shape index (κ3) is 4.50. The van der Waals surface area contributed by atoms with Crippen LogP contribution in [0.4, 0.5) is 0 Å². The van der Waals surface area contributed by atoms with Crippen molar-refractivity contribution in [3.63, 3.8) is 0 Å². The maximum Gasteiger partial charge on any atom is 0.272 e. The summed E-state index contributed by atoms with van der Waals surface area (Å²) < 4.78 is 1.22. The molecule has 6 heteroatoms. The first-order valence-electron chi connectivity index (χ1n) is 7.82. The minimum atomic E-state index is -0.318. The van der Waals surface area contributed by atoms with Crippen molar-refractivity contribution in [1.82, 2.24) is 15.1 Å². The molecule has 0 spiro atoms. The maximum absolute atomic E-state index is 12.3. The second kappa shape index (κ2) is 8.24. The zero-order chi connectivity index (χ0) is 16.7. The Bertz CT molecular complexity index is 697. The molecule has 0 saturated carbocycles. The van der Waals surface area contributed by atoms with Gasteiger partial charge in [0.15, 0.2) is 0 Å². The Kier molecular flexibility index (Phi) is 6.05. The molecule has 0 saturated heterocycles. The SMILES string of the molecule is CCCCC(CN)NC(=O)c1ccc(=O)n(-c2ccccc2)n1. The largest absolute Gasteiger partial charge is 0.347 e. The van der Waals surface area contributed by atoms with Gasteiger partial charge in [0.05, 0.1) is 5.69 Å². The van der Waals surface area contributed by atoms with Crippen LogP contribution in [0.3, 0.4) is 0 Å². The standard InChI is InChI=1S/C17H22N4O2/c1-2-3-7-13(12-18)19-17(23)15-10-11-16(22)21(20-15)14-8-5-4-6-9-14/h4-6,8-11,13H,2-3,7,12,18H2,1H3,(H,19,23). The van der Waals surface area contributed by atoms with Crippen molar-refractivity contribution in [2.24, 2.45) is 5.73 Å². The summed E-state index contributed by atoms with van der Waals surface area (Å²) in [6, 6.07) is 11.7. The molecule has 23 heavy (non-hydrogen) atoms. The third-order valence-electron chi connectivity index (χ3n) is 3.56. The number of hydrogen-bond acceptors (Lipinski definition) is 4. The predicted octanol–water partition coefficient (Wildman–Crippen LogP) is 1.48. The summed E-state index contributed by atoms with van der Waals surface area (Å²) in [5, 5.41) is 7.04. The van der Waals surface area contributed by atoms with Crippen LogP contribution in [0.1, 0.15) is 36.7 Å². The molecular weight excluding hydrogens is 292 g/mol. The van der Waals surface area contributed by atoms with Crippen LogP contribution in [0.5, 0.6) is 0 Å². The number of nitrogens with one attached hydrogen (secondary N) is 1. The lowest BCUT2D eigenvalue weighted by Crippen LogP contribution is -2.41. The van der Waals surface area contributed by atoms with Gasteiger partial charge in [0, 0.05) is 18.7 Å². The lowest BCUT2D eigenvalue weighted by Gasteiger charge is -2.16. The fourth-order valence-corrected chi connectivity index (χ4v) is 2.25. The van der Waals surface area contributed by atoms with Gasteiger partial charge in [-0.05, 0) is 24.6 Å². The number of benzene rings is 1. The number of para-hydroxylation sites is 1. The monoisotopic (exact) mass is 314 g/mol. The molecule has 1 atom stereocenters. The smallest absolute Gasteiger partial charge is 0.272 e. The van der Waals surface area contributed by atoms with E-state index >= 15 is 0 Å². The van der Waals surface area contributed by atoms with Crippen LogP contribution >= 0.6 is 0 Å². The van der Waals surface area contributed by atoms with Crippen LogP contribution < -0.4 is 16.6 Å². The quantitative estimate of drug-likeness (QED) is 0.810. The zero-order valence-corrected chi connectivity index (χ0v) is 13.2. The molecule has 0 radical (unpaired) electrons. The molecule has 1 amide bonds. The van der Waals surface area contributed by atoms with Crippen molar-refractivity contribution in [2.45, 2.75) is 32.2 Å². The van der Waals surface area contributed by atoms with E-state index in [1.807, 2.05) is 18.2 Å². The van der Waals surface area contributed by atoms with Gasteiger partial charge >= 0.3 is 0 Å². The summed E-state index contributed by atoms with van der Waals surface area (Å²) in [6.45, 7) is 2.47. The lowest BCUT2D eigenvalue weighted by atomic mass is 10.1. The van der Waals surface area contributed by atoms with E-state index in [2.05, 4.69) is 17.3 Å². The van der Waals surface area contributed by atoms with Crippen molar-refractivity contribution in [2.75, 3.05) is 6.54 Å². The van der Waals surface area contributed by atoms with Gasteiger partial charge in [0.25, 0.3) is 11.5 Å². The summed E-state index contributed by atoms with van der Waals surface area (Å²) in [5.41, 5.74) is 6.23. The van der Waals surface area contributed by atoms with Gasteiger partial charge in [0.1, 0.15) is 5.69 Å². The third-order valence-corrected chi connectivity index (χ3v) is 3.56. The molecule has 1 heterocycles. The van der Waals surface area contributed by atoms with E-state index in [9.17, 15) is 9.59 Å². The van der Waals surface area contributed by atoms with Gasteiger partial charge < -0.3 is 11.1 Å². The highest BCUT2D eigenvalue weighted by Crippen LogP contribution is 2.04. The molecule has 122 valence electrons. The molecule has 0 aliphatic heterocycles. The Hall–Kier alpha value is -2.47. The molecule has 6 nitrogen and oxygen atoms in total. The number of rotatable bonds is 7. The topological polar surface area (TPSA) is 90.0 Å². The van der Waals surface area contributed by atoms with E-state index in [4.69, 9.17) is 5.73 Å². The number of unbranched alkanes of at least 4 members (excludes halogenated alkanes) is 1. The molecule has 0 fully saturated rings. The summed E-state index contributed by atoms with van der Waals surface area (Å²) in [4.78, 5) is 24.3. The second-order valence-corrected chi connectivity index (χ2v) is 5.35. The first-order chi connectivity index (χ1) is 11.2. The molecule has 1 unspecified atom stereocenters. The van der Waals surface area contributed by atoms with Crippen LogP contribution in [0.15, 0.2) is 47.3 Å². The summed E-state index contributed by atoms with van der Waals surface area (Å²) in [7, 11) is 0. The Morgan fingerprint density at radius 2 is 2.00 bits per heavy atom. The summed E-state index contributed by atoms with van der Waals surface area (Å²) in [6.07, 6.45) is 2.87. The van der Waals surface area contributed by atoms with Crippen molar-refractivity contribution in [3.05, 3.63) is 58.5 Å². The molecule has 0 aliphatic carbocycles. The van der Waals surface area contributed by atoms with E-state index < -0.39 is 0 Å². The molecule has 2 aromatic rings. The van der Waals surface area contributed by atoms with Gasteiger partial charge in [-0.1, -0.05) is 38.0 Å². The predicted molar refractivity (Wildman–Crippen MR) is 89.7 cm³/mol. The van der Waals surface area contributed by atoms with Crippen molar-refractivity contribution < 1.29 is 4.79 Å². The molecule has 0 aliphatic rings. The normalized spacial score (nSPS) is 11.9.